The molecule has 5 rings (SSSR count). The molecule has 0 radical (unpaired) electrons. The van der Waals surface area contributed by atoms with Gasteiger partial charge >= 0.3 is 0 Å². The van der Waals surface area contributed by atoms with Gasteiger partial charge in [-0.05, 0) is 31.7 Å². The first-order valence-corrected chi connectivity index (χ1v) is 8.28. The summed E-state index contributed by atoms with van der Waals surface area (Å²) < 4.78 is 1.49. The Bertz CT molecular complexity index is 1140. The summed E-state index contributed by atoms with van der Waals surface area (Å²) in [7, 11) is 0. The smallest absolute Gasteiger partial charge is 0.267 e. The van der Waals surface area contributed by atoms with E-state index in [1.165, 1.54) is 15.0 Å². The van der Waals surface area contributed by atoms with E-state index in [0.717, 1.165) is 45.9 Å². The zero-order valence-corrected chi connectivity index (χ0v) is 12.9. The maximum atomic E-state index is 13.0. The third-order valence-electron chi connectivity index (χ3n) is 4.52. The molecule has 108 valence electrons. The van der Waals surface area contributed by atoms with Crippen LogP contribution >= 0.6 is 11.3 Å². The molecule has 4 aromatic rings. The maximum absolute atomic E-state index is 13.0. The van der Waals surface area contributed by atoms with E-state index in [-0.39, 0.29) is 5.56 Å². The van der Waals surface area contributed by atoms with Gasteiger partial charge in [0.2, 0.25) is 0 Å². The van der Waals surface area contributed by atoms with Gasteiger partial charge in [0, 0.05) is 15.6 Å². The van der Waals surface area contributed by atoms with Crippen LogP contribution in [0.1, 0.15) is 22.6 Å². The minimum atomic E-state index is -0.0201. The van der Waals surface area contributed by atoms with Crippen LogP contribution in [0.2, 0.25) is 0 Å². The molecular weight excluding hydrogens is 294 g/mol. The number of aromatic nitrogens is 3. The van der Waals surface area contributed by atoms with Crippen LogP contribution in [-0.4, -0.2) is 14.6 Å². The summed E-state index contributed by atoms with van der Waals surface area (Å²) in [5, 5.41) is 7.34. The molecule has 3 aromatic heterocycles. The molecule has 0 bridgehead atoms. The molecule has 5 heteroatoms. The highest BCUT2D eigenvalue weighted by atomic mass is 32.1. The van der Waals surface area contributed by atoms with Crippen molar-refractivity contribution in [3.8, 4) is 0 Å². The Morgan fingerprint density at radius 1 is 1.18 bits per heavy atom. The predicted octanol–water partition coefficient (Wildman–Crippen LogP) is 3.25. The fourth-order valence-corrected chi connectivity index (χ4v) is 4.75. The first-order chi connectivity index (χ1) is 10.7. The van der Waals surface area contributed by atoms with E-state index in [9.17, 15) is 4.79 Å². The largest absolute Gasteiger partial charge is 0.283 e. The van der Waals surface area contributed by atoms with Crippen LogP contribution in [0.25, 0.3) is 26.6 Å². The van der Waals surface area contributed by atoms with E-state index in [2.05, 4.69) is 5.10 Å². The molecule has 0 unspecified atom stereocenters. The molecule has 0 fully saturated rings. The first kappa shape index (κ1) is 12.3. The second-order valence-electron chi connectivity index (χ2n) is 5.82. The third-order valence-corrected chi connectivity index (χ3v) is 5.71. The van der Waals surface area contributed by atoms with Crippen molar-refractivity contribution in [2.75, 3.05) is 0 Å². The number of hydrogen-bond donors (Lipinski definition) is 0. The van der Waals surface area contributed by atoms with E-state index < -0.39 is 0 Å². The van der Waals surface area contributed by atoms with Crippen molar-refractivity contribution in [2.24, 2.45) is 0 Å². The highest BCUT2D eigenvalue weighted by molar-refractivity contribution is 7.18. The Kier molecular flexibility index (Phi) is 2.31. The Morgan fingerprint density at radius 3 is 2.86 bits per heavy atom. The average molecular weight is 307 g/mol. The molecule has 3 heterocycles. The van der Waals surface area contributed by atoms with E-state index in [0.29, 0.717) is 5.65 Å². The Hall–Kier alpha value is -2.27. The fourth-order valence-electron chi connectivity index (χ4n) is 3.50. The topological polar surface area (TPSA) is 47.3 Å². The summed E-state index contributed by atoms with van der Waals surface area (Å²) in [4.78, 5) is 20.0. The Labute approximate surface area is 130 Å². The summed E-state index contributed by atoms with van der Waals surface area (Å²) >= 11 is 1.68. The number of aryl methyl sites for hydroxylation is 3. The molecule has 0 saturated carbocycles. The molecule has 4 nitrogen and oxygen atoms in total. The van der Waals surface area contributed by atoms with E-state index in [1.54, 1.807) is 11.3 Å². The second kappa shape index (κ2) is 4.14. The Morgan fingerprint density at radius 2 is 2.00 bits per heavy atom. The van der Waals surface area contributed by atoms with Crippen molar-refractivity contribution in [1.29, 1.82) is 0 Å². The standard InChI is InChI=1S/C17H13N3OS/c1-9-10-5-2-3-6-11(10)15-18-16-14(17(21)20(15)19-9)12-7-4-8-13(12)22-16/h2-3,5-6H,4,7-8H2,1H3. The van der Waals surface area contributed by atoms with Crippen LogP contribution < -0.4 is 5.56 Å². The summed E-state index contributed by atoms with van der Waals surface area (Å²) in [5.41, 5.74) is 2.71. The highest BCUT2D eigenvalue weighted by Crippen LogP contribution is 2.35. The average Bonchev–Trinajstić information content (AvgIpc) is 3.09. The number of benzene rings is 1. The molecule has 0 atom stereocenters. The zero-order valence-electron chi connectivity index (χ0n) is 12.1. The zero-order chi connectivity index (χ0) is 14.8. The highest BCUT2D eigenvalue weighted by Gasteiger charge is 2.22. The van der Waals surface area contributed by atoms with Crippen LogP contribution in [-0.2, 0) is 12.8 Å². The van der Waals surface area contributed by atoms with Gasteiger partial charge in [0.05, 0.1) is 11.1 Å². The minimum Gasteiger partial charge on any atom is -0.267 e. The SMILES string of the molecule is Cc1nn2c(=O)c3c4c(sc3nc2c2ccccc12)CCC4. The molecule has 0 aliphatic heterocycles. The van der Waals surface area contributed by atoms with Crippen molar-refractivity contribution in [2.45, 2.75) is 26.2 Å². The van der Waals surface area contributed by atoms with Crippen LogP contribution in [0, 0.1) is 6.92 Å². The number of rotatable bonds is 0. The molecule has 22 heavy (non-hydrogen) atoms. The lowest BCUT2D eigenvalue weighted by Crippen LogP contribution is -2.19. The monoisotopic (exact) mass is 307 g/mol. The van der Waals surface area contributed by atoms with Crippen molar-refractivity contribution in [3.05, 3.63) is 50.8 Å². The first-order valence-electron chi connectivity index (χ1n) is 7.46. The lowest BCUT2D eigenvalue weighted by molar-refractivity contribution is 0.865. The molecular formula is C17H13N3OS. The normalized spacial score (nSPS) is 14.2. The van der Waals surface area contributed by atoms with Crippen LogP contribution in [0.3, 0.4) is 0 Å². The van der Waals surface area contributed by atoms with Crippen molar-refractivity contribution in [3.63, 3.8) is 0 Å². The Balaban J connectivity index is 2.07. The van der Waals surface area contributed by atoms with Crippen molar-refractivity contribution in [1.82, 2.24) is 14.6 Å². The number of nitrogens with zero attached hydrogens (tertiary/aromatic N) is 3. The fraction of sp³-hybridized carbons (Fsp3) is 0.235. The molecule has 0 amide bonds. The number of fused-ring (bicyclic) bond motifs is 6. The van der Waals surface area contributed by atoms with Gasteiger partial charge in [-0.15, -0.1) is 11.3 Å². The molecule has 0 N–H and O–H groups in total. The van der Waals surface area contributed by atoms with Gasteiger partial charge in [0.25, 0.3) is 5.56 Å². The quantitative estimate of drug-likeness (QED) is 0.468. The number of hydrogen-bond acceptors (Lipinski definition) is 4. The van der Waals surface area contributed by atoms with Gasteiger partial charge in [-0.2, -0.15) is 9.61 Å². The maximum Gasteiger partial charge on any atom is 0.283 e. The predicted molar refractivity (Wildman–Crippen MR) is 88.9 cm³/mol. The molecule has 1 aromatic carbocycles. The van der Waals surface area contributed by atoms with Crippen molar-refractivity contribution < 1.29 is 0 Å². The minimum absolute atomic E-state index is 0.0201. The molecule has 0 saturated heterocycles. The van der Waals surface area contributed by atoms with Crippen LogP contribution in [0.5, 0.6) is 0 Å². The van der Waals surface area contributed by atoms with Crippen molar-refractivity contribution >= 4 is 38.0 Å². The molecule has 1 aliphatic carbocycles. The summed E-state index contributed by atoms with van der Waals surface area (Å²) in [6, 6.07) is 8.01. The van der Waals surface area contributed by atoms with Crippen LogP contribution in [0.4, 0.5) is 0 Å². The summed E-state index contributed by atoms with van der Waals surface area (Å²) in [6.45, 7) is 1.94. The van der Waals surface area contributed by atoms with E-state index >= 15 is 0 Å². The lowest BCUT2D eigenvalue weighted by atomic mass is 10.1. The summed E-state index contributed by atoms with van der Waals surface area (Å²) in [6.07, 6.45) is 3.21. The second-order valence-corrected chi connectivity index (χ2v) is 6.90. The lowest BCUT2D eigenvalue weighted by Gasteiger charge is -2.07. The van der Waals surface area contributed by atoms with Gasteiger partial charge < -0.3 is 0 Å². The van der Waals surface area contributed by atoms with Gasteiger partial charge in [0.15, 0.2) is 5.65 Å². The van der Waals surface area contributed by atoms with Crippen LogP contribution in [0.15, 0.2) is 29.1 Å². The summed E-state index contributed by atoms with van der Waals surface area (Å²) in [5.74, 6) is 0. The molecule has 0 spiro atoms. The van der Waals surface area contributed by atoms with Gasteiger partial charge in [0.1, 0.15) is 4.83 Å². The van der Waals surface area contributed by atoms with Gasteiger partial charge in [-0.3, -0.25) is 4.79 Å². The van der Waals surface area contributed by atoms with E-state index in [4.69, 9.17) is 4.98 Å². The van der Waals surface area contributed by atoms with Gasteiger partial charge in [-0.1, -0.05) is 24.3 Å². The van der Waals surface area contributed by atoms with Gasteiger partial charge in [-0.25, -0.2) is 4.98 Å². The van der Waals surface area contributed by atoms with E-state index in [1.807, 2.05) is 31.2 Å². The third kappa shape index (κ3) is 1.44. The molecule has 1 aliphatic rings. The number of thiophene rings is 1.